The predicted octanol–water partition coefficient (Wildman–Crippen LogP) is 4.65. The molecule has 0 bridgehead atoms. The second-order valence-electron chi connectivity index (χ2n) is 4.27. The highest BCUT2D eigenvalue weighted by molar-refractivity contribution is 9.10. The molecule has 1 aromatic carbocycles. The molecule has 3 nitrogen and oxygen atoms in total. The summed E-state index contributed by atoms with van der Waals surface area (Å²) in [6.07, 6.45) is 4.38. The highest BCUT2D eigenvalue weighted by Crippen LogP contribution is 2.34. The molecule has 0 aliphatic heterocycles. The Kier molecular flexibility index (Phi) is 5.48. The summed E-state index contributed by atoms with van der Waals surface area (Å²) in [4.78, 5) is 5.22. The van der Waals surface area contributed by atoms with Crippen molar-refractivity contribution in [3.63, 3.8) is 0 Å². The van der Waals surface area contributed by atoms with Gasteiger partial charge in [-0.3, -0.25) is 0 Å². The fourth-order valence-electron chi connectivity index (χ4n) is 1.70. The second kappa shape index (κ2) is 7.12. The van der Waals surface area contributed by atoms with Crippen LogP contribution in [0.2, 0.25) is 0 Å². The van der Waals surface area contributed by atoms with Crippen molar-refractivity contribution < 1.29 is 4.42 Å². The zero-order chi connectivity index (χ0) is 13.7. The zero-order valence-electron chi connectivity index (χ0n) is 11.0. The lowest BCUT2D eigenvalue weighted by Crippen LogP contribution is -2.19. The Balaban J connectivity index is 2.08. The molecule has 1 heterocycles. The van der Waals surface area contributed by atoms with Gasteiger partial charge in [0.2, 0.25) is 0 Å². The standard InChI is InChI=1S/C14H17BrN2OS/c1-3-6-16-10(2)11-4-5-13(12(15)9-11)19-14-17-7-8-18-14/h4-5,7-10,16H,3,6H2,1-2H3. The van der Waals surface area contributed by atoms with Crippen LogP contribution in [0.4, 0.5) is 0 Å². The molecule has 1 atom stereocenters. The maximum Gasteiger partial charge on any atom is 0.260 e. The number of rotatable bonds is 6. The van der Waals surface area contributed by atoms with Gasteiger partial charge in [0.05, 0.1) is 6.20 Å². The van der Waals surface area contributed by atoms with Crippen molar-refractivity contribution >= 4 is 27.7 Å². The number of hydrogen-bond acceptors (Lipinski definition) is 4. The van der Waals surface area contributed by atoms with Crippen molar-refractivity contribution in [3.05, 3.63) is 40.7 Å². The Labute approximate surface area is 126 Å². The monoisotopic (exact) mass is 340 g/mol. The summed E-state index contributed by atoms with van der Waals surface area (Å²) in [5.41, 5.74) is 1.28. The molecule has 2 rings (SSSR count). The van der Waals surface area contributed by atoms with E-state index in [0.29, 0.717) is 11.3 Å². The lowest BCUT2D eigenvalue weighted by Gasteiger charge is -2.14. The van der Waals surface area contributed by atoms with Gasteiger partial charge in [-0.2, -0.15) is 0 Å². The van der Waals surface area contributed by atoms with Gasteiger partial charge in [-0.05, 0) is 65.3 Å². The molecule has 1 N–H and O–H groups in total. The molecule has 102 valence electrons. The van der Waals surface area contributed by atoms with Gasteiger partial charge in [0.15, 0.2) is 0 Å². The van der Waals surface area contributed by atoms with Gasteiger partial charge in [-0.1, -0.05) is 13.0 Å². The molecular formula is C14H17BrN2OS. The highest BCUT2D eigenvalue weighted by atomic mass is 79.9. The quantitative estimate of drug-likeness (QED) is 0.830. The SMILES string of the molecule is CCCNC(C)c1ccc(Sc2ncco2)c(Br)c1. The van der Waals surface area contributed by atoms with Crippen LogP contribution in [-0.2, 0) is 0 Å². The minimum absolute atomic E-state index is 0.358. The Bertz CT molecular complexity index is 516. The van der Waals surface area contributed by atoms with E-state index >= 15 is 0 Å². The number of aromatic nitrogens is 1. The minimum atomic E-state index is 0.358. The number of nitrogens with zero attached hydrogens (tertiary/aromatic N) is 1. The summed E-state index contributed by atoms with van der Waals surface area (Å²) in [5, 5.41) is 4.14. The Hall–Kier alpha value is -0.780. The van der Waals surface area contributed by atoms with Gasteiger partial charge < -0.3 is 9.73 Å². The Morgan fingerprint density at radius 3 is 2.95 bits per heavy atom. The maximum atomic E-state index is 5.24. The summed E-state index contributed by atoms with van der Waals surface area (Å²) in [6, 6.07) is 6.75. The molecule has 19 heavy (non-hydrogen) atoms. The Morgan fingerprint density at radius 2 is 2.32 bits per heavy atom. The molecule has 5 heteroatoms. The molecular weight excluding hydrogens is 324 g/mol. The highest BCUT2D eigenvalue weighted by Gasteiger charge is 2.09. The first-order valence-electron chi connectivity index (χ1n) is 6.31. The van der Waals surface area contributed by atoms with Crippen LogP contribution in [0.15, 0.2) is 49.7 Å². The van der Waals surface area contributed by atoms with E-state index in [9.17, 15) is 0 Å². The van der Waals surface area contributed by atoms with Crippen LogP contribution < -0.4 is 5.32 Å². The van der Waals surface area contributed by atoms with Gasteiger partial charge in [-0.15, -0.1) is 0 Å². The molecule has 0 aliphatic carbocycles. The largest absolute Gasteiger partial charge is 0.440 e. The van der Waals surface area contributed by atoms with Crippen molar-refractivity contribution in [2.45, 2.75) is 36.4 Å². The van der Waals surface area contributed by atoms with Crippen molar-refractivity contribution in [1.29, 1.82) is 0 Å². The van der Waals surface area contributed by atoms with E-state index in [1.165, 1.54) is 17.3 Å². The van der Waals surface area contributed by atoms with E-state index < -0.39 is 0 Å². The first-order valence-corrected chi connectivity index (χ1v) is 7.92. The predicted molar refractivity (Wildman–Crippen MR) is 81.5 cm³/mol. The zero-order valence-corrected chi connectivity index (χ0v) is 13.4. The third-order valence-electron chi connectivity index (χ3n) is 2.76. The lowest BCUT2D eigenvalue weighted by molar-refractivity contribution is 0.454. The smallest absolute Gasteiger partial charge is 0.260 e. The molecule has 0 saturated carbocycles. The van der Waals surface area contributed by atoms with Gasteiger partial charge in [-0.25, -0.2) is 4.98 Å². The molecule has 0 radical (unpaired) electrons. The van der Waals surface area contributed by atoms with E-state index in [2.05, 4.69) is 58.3 Å². The molecule has 0 saturated heterocycles. The van der Waals surface area contributed by atoms with Crippen LogP contribution in [0.25, 0.3) is 0 Å². The molecule has 1 unspecified atom stereocenters. The molecule has 0 fully saturated rings. The van der Waals surface area contributed by atoms with Crippen molar-refractivity contribution in [3.8, 4) is 0 Å². The number of hydrogen-bond donors (Lipinski definition) is 1. The van der Waals surface area contributed by atoms with Crippen molar-refractivity contribution in [2.24, 2.45) is 0 Å². The summed E-state index contributed by atoms with van der Waals surface area (Å²) in [5.74, 6) is 0. The first kappa shape index (κ1) is 14.6. The summed E-state index contributed by atoms with van der Waals surface area (Å²) >= 11 is 5.13. The van der Waals surface area contributed by atoms with E-state index in [1.807, 2.05) is 0 Å². The number of benzene rings is 1. The molecule has 2 aromatic rings. The van der Waals surface area contributed by atoms with Crippen LogP contribution in [-0.4, -0.2) is 11.5 Å². The van der Waals surface area contributed by atoms with Crippen LogP contribution >= 0.6 is 27.7 Å². The van der Waals surface area contributed by atoms with E-state index in [0.717, 1.165) is 22.3 Å². The van der Waals surface area contributed by atoms with Gasteiger partial charge in [0.25, 0.3) is 5.22 Å². The first-order chi connectivity index (χ1) is 9.20. The second-order valence-corrected chi connectivity index (χ2v) is 6.11. The van der Waals surface area contributed by atoms with Gasteiger partial charge >= 0.3 is 0 Å². The summed E-state index contributed by atoms with van der Waals surface area (Å²) in [7, 11) is 0. The van der Waals surface area contributed by atoms with Crippen LogP contribution in [0.3, 0.4) is 0 Å². The number of halogens is 1. The minimum Gasteiger partial charge on any atom is -0.440 e. The lowest BCUT2D eigenvalue weighted by atomic mass is 10.1. The summed E-state index contributed by atoms with van der Waals surface area (Å²) < 4.78 is 6.31. The van der Waals surface area contributed by atoms with Crippen LogP contribution in [0.1, 0.15) is 31.9 Å². The van der Waals surface area contributed by atoms with Gasteiger partial charge in [0, 0.05) is 15.4 Å². The molecule has 0 amide bonds. The normalized spacial score (nSPS) is 12.6. The van der Waals surface area contributed by atoms with Crippen molar-refractivity contribution in [1.82, 2.24) is 10.3 Å². The molecule has 0 aliphatic rings. The average Bonchev–Trinajstić information content (AvgIpc) is 2.91. The molecule has 0 spiro atoms. The average molecular weight is 341 g/mol. The van der Waals surface area contributed by atoms with Crippen LogP contribution in [0, 0.1) is 0 Å². The molecule has 1 aromatic heterocycles. The third-order valence-corrected chi connectivity index (χ3v) is 4.63. The van der Waals surface area contributed by atoms with Crippen LogP contribution in [0.5, 0.6) is 0 Å². The fraction of sp³-hybridized carbons (Fsp3) is 0.357. The van der Waals surface area contributed by atoms with E-state index in [1.54, 1.807) is 12.5 Å². The summed E-state index contributed by atoms with van der Waals surface area (Å²) in [6.45, 7) is 5.38. The van der Waals surface area contributed by atoms with Gasteiger partial charge in [0.1, 0.15) is 6.26 Å². The van der Waals surface area contributed by atoms with Crippen molar-refractivity contribution in [2.75, 3.05) is 6.54 Å². The van der Waals surface area contributed by atoms with E-state index in [-0.39, 0.29) is 0 Å². The maximum absolute atomic E-state index is 5.24. The fourth-order valence-corrected chi connectivity index (χ4v) is 3.04. The van der Waals surface area contributed by atoms with E-state index in [4.69, 9.17) is 4.42 Å². The number of nitrogens with one attached hydrogen (secondary N) is 1. The topological polar surface area (TPSA) is 38.1 Å². The number of oxazole rings is 1. The Morgan fingerprint density at radius 1 is 1.47 bits per heavy atom. The third kappa shape index (κ3) is 4.09.